The molecule has 3 aromatic heterocycles. The second kappa shape index (κ2) is 9.90. The molecule has 1 N–H and O–H groups in total. The Bertz CT molecular complexity index is 1770. The van der Waals surface area contributed by atoms with Crippen molar-refractivity contribution >= 4 is 43.4 Å². The minimum Gasteiger partial charge on any atom is -0.378 e. The van der Waals surface area contributed by atoms with Crippen LogP contribution in [0.2, 0.25) is 0 Å². The van der Waals surface area contributed by atoms with Crippen molar-refractivity contribution in [1.82, 2.24) is 19.3 Å². The van der Waals surface area contributed by atoms with Crippen LogP contribution in [0.25, 0.3) is 33.1 Å². The zero-order valence-electron chi connectivity index (χ0n) is 21.7. The van der Waals surface area contributed by atoms with Crippen LogP contribution in [0.15, 0.2) is 79.1 Å². The van der Waals surface area contributed by atoms with Gasteiger partial charge in [0.05, 0.1) is 39.8 Å². The van der Waals surface area contributed by atoms with Crippen molar-refractivity contribution in [2.24, 2.45) is 0 Å². The maximum atomic E-state index is 13.2. The Morgan fingerprint density at radius 1 is 1.03 bits per heavy atom. The summed E-state index contributed by atoms with van der Waals surface area (Å²) in [7, 11) is 0.371. The summed E-state index contributed by atoms with van der Waals surface area (Å²) in [6.07, 6.45) is 3.14. The Hall–Kier alpha value is -4.24. The Kier molecular flexibility index (Phi) is 6.62. The molecule has 0 atom stereocenters. The Morgan fingerprint density at radius 3 is 2.58 bits per heavy atom. The number of pyridine rings is 2. The number of carbonyl (C=O) groups excluding carboxylic acids is 1. The number of rotatable bonds is 7. The third-order valence-corrected chi connectivity index (χ3v) is 8.55. The van der Waals surface area contributed by atoms with Gasteiger partial charge in [-0.3, -0.25) is 9.78 Å². The molecule has 0 saturated carbocycles. The van der Waals surface area contributed by atoms with Crippen molar-refractivity contribution in [2.45, 2.75) is 25.6 Å². The zero-order valence-corrected chi connectivity index (χ0v) is 22.5. The van der Waals surface area contributed by atoms with Crippen molar-refractivity contribution in [3.05, 3.63) is 90.4 Å². The topological polar surface area (TPSA) is 97.2 Å². The Morgan fingerprint density at radius 2 is 1.82 bits per heavy atom. The number of nitrogens with zero attached hydrogens (tertiary/aromatic N) is 4. The Labute approximate surface area is 222 Å². The summed E-state index contributed by atoms with van der Waals surface area (Å²) in [5.41, 5.74) is 5.15. The van der Waals surface area contributed by atoms with Crippen LogP contribution in [0.5, 0.6) is 0 Å². The summed E-state index contributed by atoms with van der Waals surface area (Å²) in [6.45, 7) is 3.41. The maximum absolute atomic E-state index is 13.2. The van der Waals surface area contributed by atoms with Gasteiger partial charge in [-0.2, -0.15) is 0 Å². The van der Waals surface area contributed by atoms with Gasteiger partial charge in [0.1, 0.15) is 0 Å². The van der Waals surface area contributed by atoms with Gasteiger partial charge in [0.15, 0.2) is 0 Å². The molecule has 0 fully saturated rings. The third-order valence-electron chi connectivity index (χ3n) is 6.51. The van der Waals surface area contributed by atoms with E-state index in [1.165, 1.54) is 10.2 Å². The van der Waals surface area contributed by atoms with Crippen molar-refractivity contribution in [2.75, 3.05) is 19.0 Å². The molecule has 38 heavy (non-hydrogen) atoms. The molecule has 9 heteroatoms. The molecule has 0 saturated heterocycles. The molecule has 0 aliphatic rings. The van der Waals surface area contributed by atoms with Crippen LogP contribution in [0.3, 0.4) is 0 Å². The summed E-state index contributed by atoms with van der Waals surface area (Å²) in [6, 6.07) is 21.0. The van der Waals surface area contributed by atoms with Gasteiger partial charge >= 0.3 is 0 Å². The number of benzene rings is 2. The van der Waals surface area contributed by atoms with Gasteiger partial charge in [-0.25, -0.2) is 17.4 Å². The van der Waals surface area contributed by atoms with Crippen molar-refractivity contribution in [3.8, 4) is 11.3 Å². The molecule has 1 amide bonds. The minimum absolute atomic E-state index is 0.174. The van der Waals surface area contributed by atoms with Gasteiger partial charge in [0.2, 0.25) is 10.0 Å². The van der Waals surface area contributed by atoms with Crippen LogP contribution in [-0.2, 0) is 16.6 Å². The lowest BCUT2D eigenvalue weighted by molar-refractivity contribution is 0.0952. The molecule has 0 spiro atoms. The molecule has 8 nitrogen and oxygen atoms in total. The first-order valence-electron chi connectivity index (χ1n) is 12.3. The highest BCUT2D eigenvalue weighted by Crippen LogP contribution is 2.26. The summed E-state index contributed by atoms with van der Waals surface area (Å²) in [5, 5.41) is 3.74. The standard InChI is InChI=1S/C29H29N5O3S/c1-19(2)38(36,37)34-18-25(24-10-5-6-11-28(24)34)29(35)31-17-22-15-27-21(16-30-22)12-13-26(32-27)20-8-7-9-23(14-20)33(3)4/h5-16,18-19H,17H2,1-4H3,(H,31,35). The molecular formula is C29H29N5O3S. The first kappa shape index (κ1) is 25.4. The highest BCUT2D eigenvalue weighted by molar-refractivity contribution is 7.90. The maximum Gasteiger partial charge on any atom is 0.253 e. The number of para-hydroxylation sites is 1. The van der Waals surface area contributed by atoms with Crippen LogP contribution in [0, 0.1) is 0 Å². The molecule has 194 valence electrons. The highest BCUT2D eigenvalue weighted by Gasteiger charge is 2.24. The molecule has 5 rings (SSSR count). The van der Waals surface area contributed by atoms with Crippen molar-refractivity contribution in [3.63, 3.8) is 0 Å². The number of anilines is 1. The molecule has 0 radical (unpaired) electrons. The van der Waals surface area contributed by atoms with Crippen LogP contribution in [-0.4, -0.2) is 47.6 Å². The summed E-state index contributed by atoms with van der Waals surface area (Å²) >= 11 is 0. The third kappa shape index (κ3) is 4.72. The zero-order chi connectivity index (χ0) is 27.0. The van der Waals surface area contributed by atoms with Gasteiger partial charge in [-0.05, 0) is 50.2 Å². The molecule has 5 aromatic rings. The van der Waals surface area contributed by atoms with E-state index in [1.807, 2.05) is 55.4 Å². The summed E-state index contributed by atoms with van der Waals surface area (Å²) in [5.74, 6) is -0.372. The molecule has 0 aliphatic heterocycles. The monoisotopic (exact) mass is 527 g/mol. The van der Waals surface area contributed by atoms with Crippen LogP contribution in [0.4, 0.5) is 5.69 Å². The smallest absolute Gasteiger partial charge is 0.253 e. The summed E-state index contributed by atoms with van der Waals surface area (Å²) in [4.78, 5) is 24.5. The van der Waals surface area contributed by atoms with E-state index >= 15 is 0 Å². The number of nitrogens with one attached hydrogen (secondary N) is 1. The minimum atomic E-state index is -3.63. The largest absolute Gasteiger partial charge is 0.378 e. The number of hydrogen-bond donors (Lipinski definition) is 1. The molecule has 0 unspecified atom stereocenters. The van der Waals surface area contributed by atoms with E-state index in [1.54, 1.807) is 44.3 Å². The molecule has 0 bridgehead atoms. The van der Waals surface area contributed by atoms with Crippen LogP contribution in [0.1, 0.15) is 29.9 Å². The number of aromatic nitrogens is 3. The lowest BCUT2D eigenvalue weighted by atomic mass is 10.1. The number of carbonyl (C=O) groups is 1. The lowest BCUT2D eigenvalue weighted by Crippen LogP contribution is -2.24. The molecular weight excluding hydrogens is 498 g/mol. The average Bonchev–Trinajstić information content (AvgIpc) is 3.32. The second-order valence-electron chi connectivity index (χ2n) is 9.64. The lowest BCUT2D eigenvalue weighted by Gasteiger charge is -2.13. The van der Waals surface area contributed by atoms with Crippen LogP contribution >= 0.6 is 0 Å². The quantitative estimate of drug-likeness (QED) is 0.326. The molecule has 0 aliphatic carbocycles. The van der Waals surface area contributed by atoms with Gasteiger partial charge in [0, 0.05) is 48.5 Å². The van der Waals surface area contributed by atoms with Crippen LogP contribution < -0.4 is 10.2 Å². The normalized spacial score (nSPS) is 11.8. The van der Waals surface area contributed by atoms with Crippen molar-refractivity contribution in [1.29, 1.82) is 0 Å². The van der Waals surface area contributed by atoms with Gasteiger partial charge < -0.3 is 10.2 Å². The van der Waals surface area contributed by atoms with E-state index in [2.05, 4.69) is 16.4 Å². The van der Waals surface area contributed by atoms with Gasteiger partial charge in [-0.1, -0.05) is 30.3 Å². The SMILES string of the molecule is CC(C)S(=O)(=O)n1cc(C(=O)NCc2cc3nc(-c4cccc(N(C)C)c4)ccc3cn2)c2ccccc21. The van der Waals surface area contributed by atoms with Gasteiger partial charge in [-0.15, -0.1) is 0 Å². The average molecular weight is 528 g/mol. The fraction of sp³-hybridized carbons (Fsp3) is 0.207. The van der Waals surface area contributed by atoms with E-state index < -0.39 is 15.3 Å². The number of hydrogen-bond acceptors (Lipinski definition) is 6. The second-order valence-corrected chi connectivity index (χ2v) is 12.0. The fourth-order valence-electron chi connectivity index (χ4n) is 4.29. The summed E-state index contributed by atoms with van der Waals surface area (Å²) < 4.78 is 27.0. The van der Waals surface area contributed by atoms with Crippen molar-refractivity contribution < 1.29 is 13.2 Å². The van der Waals surface area contributed by atoms with E-state index in [0.29, 0.717) is 22.2 Å². The fourth-order valence-corrected chi connectivity index (χ4v) is 5.43. The number of fused-ring (bicyclic) bond motifs is 2. The van der Waals surface area contributed by atoms with Gasteiger partial charge in [0.25, 0.3) is 5.91 Å². The van der Waals surface area contributed by atoms with E-state index in [9.17, 15) is 13.2 Å². The predicted octanol–water partition coefficient (Wildman–Crippen LogP) is 4.83. The first-order valence-corrected chi connectivity index (χ1v) is 13.8. The molecule has 2 aromatic carbocycles. The predicted molar refractivity (Wildman–Crippen MR) is 152 cm³/mol. The number of amides is 1. The highest BCUT2D eigenvalue weighted by atomic mass is 32.2. The van der Waals surface area contributed by atoms with E-state index in [-0.39, 0.29) is 12.5 Å². The molecule has 3 heterocycles. The van der Waals surface area contributed by atoms with E-state index in [0.717, 1.165) is 27.8 Å². The van der Waals surface area contributed by atoms with E-state index in [4.69, 9.17) is 4.98 Å². The Balaban J connectivity index is 1.41. The first-order chi connectivity index (χ1) is 18.1.